The standard InChI is InChI=1S/C17H25ClFNO/c1-2-8-20-14(12-15-5-3-4-9-21-15)10-13-6-7-16(18)17(19)11-13/h6-7,11,14-15,20H,2-5,8-10,12H2,1H3. The molecule has 0 bridgehead atoms. The minimum atomic E-state index is -0.336. The zero-order chi connectivity index (χ0) is 15.1. The minimum absolute atomic E-state index is 0.187. The fourth-order valence-corrected chi connectivity index (χ4v) is 2.97. The normalized spacial score (nSPS) is 20.4. The van der Waals surface area contributed by atoms with Gasteiger partial charge in [0.05, 0.1) is 11.1 Å². The predicted octanol–water partition coefficient (Wildman–Crippen LogP) is 4.35. The molecule has 0 saturated carbocycles. The van der Waals surface area contributed by atoms with E-state index in [-0.39, 0.29) is 10.8 Å². The molecule has 1 aromatic rings. The SMILES string of the molecule is CCCNC(Cc1ccc(Cl)c(F)c1)CC1CCCCO1. The summed E-state index contributed by atoms with van der Waals surface area (Å²) < 4.78 is 19.4. The lowest BCUT2D eigenvalue weighted by Gasteiger charge is -2.28. The van der Waals surface area contributed by atoms with Crippen molar-refractivity contribution in [2.45, 2.75) is 57.6 Å². The van der Waals surface area contributed by atoms with Crippen molar-refractivity contribution in [2.24, 2.45) is 0 Å². The minimum Gasteiger partial charge on any atom is -0.378 e. The van der Waals surface area contributed by atoms with E-state index >= 15 is 0 Å². The number of hydrogen-bond donors (Lipinski definition) is 1. The number of halogens is 2. The van der Waals surface area contributed by atoms with E-state index in [4.69, 9.17) is 16.3 Å². The average Bonchev–Trinajstić information content (AvgIpc) is 2.49. The van der Waals surface area contributed by atoms with Crippen molar-refractivity contribution in [1.82, 2.24) is 5.32 Å². The van der Waals surface area contributed by atoms with Gasteiger partial charge in [-0.2, -0.15) is 0 Å². The molecule has 1 saturated heterocycles. The molecular weight excluding hydrogens is 289 g/mol. The van der Waals surface area contributed by atoms with Gasteiger partial charge < -0.3 is 10.1 Å². The third kappa shape index (κ3) is 5.57. The van der Waals surface area contributed by atoms with Crippen molar-refractivity contribution >= 4 is 11.6 Å². The van der Waals surface area contributed by atoms with Gasteiger partial charge in [0.15, 0.2) is 0 Å². The van der Waals surface area contributed by atoms with Crippen LogP contribution in [0.1, 0.15) is 44.6 Å². The first-order valence-corrected chi connectivity index (χ1v) is 8.35. The number of hydrogen-bond acceptors (Lipinski definition) is 2. The van der Waals surface area contributed by atoms with Crippen LogP contribution in [0.2, 0.25) is 5.02 Å². The van der Waals surface area contributed by atoms with Gasteiger partial charge in [-0.3, -0.25) is 0 Å². The zero-order valence-electron chi connectivity index (χ0n) is 12.7. The van der Waals surface area contributed by atoms with Gasteiger partial charge in [-0.15, -0.1) is 0 Å². The fourth-order valence-electron chi connectivity index (χ4n) is 2.85. The van der Waals surface area contributed by atoms with E-state index in [2.05, 4.69) is 12.2 Å². The van der Waals surface area contributed by atoms with Gasteiger partial charge in [-0.25, -0.2) is 4.39 Å². The monoisotopic (exact) mass is 313 g/mol. The Morgan fingerprint density at radius 3 is 2.95 bits per heavy atom. The van der Waals surface area contributed by atoms with Crippen LogP contribution in [0.5, 0.6) is 0 Å². The molecule has 0 spiro atoms. The van der Waals surface area contributed by atoms with Crippen molar-refractivity contribution in [3.63, 3.8) is 0 Å². The molecule has 1 heterocycles. The average molecular weight is 314 g/mol. The summed E-state index contributed by atoms with van der Waals surface area (Å²) in [6, 6.07) is 5.42. The summed E-state index contributed by atoms with van der Waals surface area (Å²) in [5.41, 5.74) is 0.987. The summed E-state index contributed by atoms with van der Waals surface area (Å²) in [4.78, 5) is 0. The molecule has 2 unspecified atom stereocenters. The first kappa shape index (κ1) is 16.7. The molecule has 2 rings (SSSR count). The molecule has 0 radical (unpaired) electrons. The van der Waals surface area contributed by atoms with Gasteiger partial charge in [0.25, 0.3) is 0 Å². The van der Waals surface area contributed by atoms with Crippen LogP contribution in [0.4, 0.5) is 4.39 Å². The summed E-state index contributed by atoms with van der Waals surface area (Å²) in [6.45, 7) is 4.01. The highest BCUT2D eigenvalue weighted by molar-refractivity contribution is 6.30. The smallest absolute Gasteiger partial charge is 0.142 e. The Labute approximate surface area is 132 Å². The lowest BCUT2D eigenvalue weighted by Crippen LogP contribution is -2.36. The van der Waals surface area contributed by atoms with E-state index in [9.17, 15) is 4.39 Å². The first-order chi connectivity index (χ1) is 10.2. The fraction of sp³-hybridized carbons (Fsp3) is 0.647. The molecule has 2 atom stereocenters. The van der Waals surface area contributed by atoms with Crippen LogP contribution < -0.4 is 5.32 Å². The molecular formula is C17H25ClFNO. The summed E-state index contributed by atoms with van der Waals surface area (Å²) >= 11 is 5.75. The van der Waals surface area contributed by atoms with Crippen LogP contribution in [0, 0.1) is 5.82 Å². The Bertz CT molecular complexity index is 435. The van der Waals surface area contributed by atoms with Crippen molar-refractivity contribution < 1.29 is 9.13 Å². The van der Waals surface area contributed by atoms with Crippen LogP contribution in [0.25, 0.3) is 0 Å². The largest absolute Gasteiger partial charge is 0.378 e. The zero-order valence-corrected chi connectivity index (χ0v) is 13.5. The molecule has 1 fully saturated rings. The molecule has 21 heavy (non-hydrogen) atoms. The van der Waals surface area contributed by atoms with E-state index in [1.54, 1.807) is 12.1 Å². The molecule has 0 aromatic heterocycles. The Balaban J connectivity index is 1.95. The molecule has 4 heteroatoms. The second kappa shape index (κ2) is 8.72. The van der Waals surface area contributed by atoms with Crippen LogP contribution in [-0.4, -0.2) is 25.3 Å². The van der Waals surface area contributed by atoms with Crippen LogP contribution >= 0.6 is 11.6 Å². The highest BCUT2D eigenvalue weighted by Crippen LogP contribution is 2.21. The molecule has 1 N–H and O–H groups in total. The topological polar surface area (TPSA) is 21.3 Å². The maximum Gasteiger partial charge on any atom is 0.142 e. The van der Waals surface area contributed by atoms with Gasteiger partial charge in [-0.1, -0.05) is 24.6 Å². The van der Waals surface area contributed by atoms with E-state index in [1.807, 2.05) is 6.07 Å². The summed E-state index contributed by atoms with van der Waals surface area (Å²) in [5, 5.41) is 3.75. The highest BCUT2D eigenvalue weighted by Gasteiger charge is 2.19. The van der Waals surface area contributed by atoms with Crippen molar-refractivity contribution in [3.8, 4) is 0 Å². The lowest BCUT2D eigenvalue weighted by molar-refractivity contribution is 0.00526. The Morgan fingerprint density at radius 2 is 2.29 bits per heavy atom. The van der Waals surface area contributed by atoms with E-state index in [1.165, 1.54) is 12.8 Å². The van der Waals surface area contributed by atoms with E-state index in [0.29, 0.717) is 12.1 Å². The second-order valence-electron chi connectivity index (χ2n) is 5.83. The molecule has 1 aromatic carbocycles. The second-order valence-corrected chi connectivity index (χ2v) is 6.24. The first-order valence-electron chi connectivity index (χ1n) is 7.98. The van der Waals surface area contributed by atoms with Crippen LogP contribution in [0.15, 0.2) is 18.2 Å². The Kier molecular flexibility index (Phi) is 6.94. The summed E-state index contributed by atoms with van der Waals surface area (Å²) in [5.74, 6) is -0.336. The lowest BCUT2D eigenvalue weighted by atomic mass is 9.96. The van der Waals surface area contributed by atoms with Crippen molar-refractivity contribution in [2.75, 3.05) is 13.2 Å². The van der Waals surface area contributed by atoms with Gasteiger partial charge >= 0.3 is 0 Å². The third-order valence-electron chi connectivity index (χ3n) is 3.97. The quantitative estimate of drug-likeness (QED) is 0.808. The van der Waals surface area contributed by atoms with E-state index < -0.39 is 0 Å². The van der Waals surface area contributed by atoms with Crippen LogP contribution in [-0.2, 0) is 11.2 Å². The van der Waals surface area contributed by atoms with E-state index in [0.717, 1.165) is 44.4 Å². The third-order valence-corrected chi connectivity index (χ3v) is 4.28. The van der Waals surface area contributed by atoms with Gasteiger partial charge in [0.1, 0.15) is 5.82 Å². The van der Waals surface area contributed by atoms with Gasteiger partial charge in [-0.05, 0) is 62.8 Å². The maximum absolute atomic E-state index is 13.6. The highest BCUT2D eigenvalue weighted by atomic mass is 35.5. The maximum atomic E-state index is 13.6. The Hall–Kier alpha value is -0.640. The predicted molar refractivity (Wildman–Crippen MR) is 85.4 cm³/mol. The summed E-state index contributed by atoms with van der Waals surface area (Å²) in [7, 11) is 0. The Morgan fingerprint density at radius 1 is 1.43 bits per heavy atom. The van der Waals surface area contributed by atoms with Crippen molar-refractivity contribution in [3.05, 3.63) is 34.6 Å². The number of benzene rings is 1. The molecule has 2 nitrogen and oxygen atoms in total. The van der Waals surface area contributed by atoms with Crippen molar-refractivity contribution in [1.29, 1.82) is 0 Å². The number of rotatable bonds is 7. The molecule has 1 aliphatic heterocycles. The van der Waals surface area contributed by atoms with Gasteiger partial charge in [0, 0.05) is 12.6 Å². The molecule has 0 aliphatic carbocycles. The number of nitrogens with one attached hydrogen (secondary N) is 1. The summed E-state index contributed by atoms with van der Waals surface area (Å²) in [6.07, 6.45) is 6.80. The molecule has 1 aliphatic rings. The molecule has 0 amide bonds. The van der Waals surface area contributed by atoms with Gasteiger partial charge in [0.2, 0.25) is 0 Å². The number of ether oxygens (including phenoxy) is 1. The van der Waals surface area contributed by atoms with Crippen LogP contribution in [0.3, 0.4) is 0 Å². The molecule has 118 valence electrons.